The maximum Gasteiger partial charge on any atom is 0.326 e. The molecule has 3 rings (SSSR count). The van der Waals surface area contributed by atoms with Crippen LogP contribution in [0, 0.1) is 11.8 Å². The average molecular weight is 405 g/mol. The normalized spacial score (nSPS) is 9.77. The molecule has 0 heterocycles. The Morgan fingerprint density at radius 1 is 0.885 bits per heavy atom. The number of hydrogen-bond acceptors (Lipinski definition) is 1. The molecule has 0 aliphatic heterocycles. The Balaban J connectivity index is 1.81. The number of urea groups is 1. The lowest BCUT2D eigenvalue weighted by molar-refractivity contribution is 0.258. The molecule has 128 valence electrons. The summed E-state index contributed by atoms with van der Waals surface area (Å²) in [6, 6.07) is 24.6. The third kappa shape index (κ3) is 4.53. The summed E-state index contributed by atoms with van der Waals surface area (Å²) < 4.78 is 0.963. The molecule has 0 radical (unpaired) electrons. The number of anilines is 2. The van der Waals surface area contributed by atoms with Crippen LogP contribution in [-0.4, -0.2) is 13.1 Å². The fourth-order valence-electron chi connectivity index (χ4n) is 2.38. The molecule has 1 N–H and O–H groups in total. The van der Waals surface area contributed by atoms with Gasteiger partial charge in [-0.15, -0.1) is 0 Å². The number of halogens is 1. The van der Waals surface area contributed by atoms with Gasteiger partial charge < -0.3 is 5.32 Å². The highest BCUT2D eigenvalue weighted by Gasteiger charge is 2.13. The van der Waals surface area contributed by atoms with E-state index in [1.165, 1.54) is 0 Å². The second-order valence-electron chi connectivity index (χ2n) is 5.63. The molecular formula is C22H17BrN2O. The Hall–Kier alpha value is -3.03. The van der Waals surface area contributed by atoms with E-state index in [1.807, 2.05) is 78.9 Å². The summed E-state index contributed by atoms with van der Waals surface area (Å²) in [6.45, 7) is 0. The van der Waals surface area contributed by atoms with Gasteiger partial charge in [0, 0.05) is 28.3 Å². The van der Waals surface area contributed by atoms with Gasteiger partial charge in [0.1, 0.15) is 0 Å². The van der Waals surface area contributed by atoms with Gasteiger partial charge >= 0.3 is 6.03 Å². The molecule has 3 aromatic carbocycles. The lowest BCUT2D eigenvalue weighted by Crippen LogP contribution is -2.31. The van der Waals surface area contributed by atoms with Crippen LogP contribution in [0.3, 0.4) is 0 Å². The van der Waals surface area contributed by atoms with Crippen molar-refractivity contribution in [1.29, 1.82) is 0 Å². The first-order valence-corrected chi connectivity index (χ1v) is 8.89. The van der Waals surface area contributed by atoms with Crippen molar-refractivity contribution in [3.05, 3.63) is 94.5 Å². The van der Waals surface area contributed by atoms with Gasteiger partial charge in [0.25, 0.3) is 0 Å². The number of amides is 2. The van der Waals surface area contributed by atoms with Crippen LogP contribution in [0.5, 0.6) is 0 Å². The smallest absolute Gasteiger partial charge is 0.308 e. The summed E-state index contributed by atoms with van der Waals surface area (Å²) in [5.41, 5.74) is 3.22. The number of carbonyl (C=O) groups excluding carboxylic acids is 1. The predicted molar refractivity (Wildman–Crippen MR) is 110 cm³/mol. The standard InChI is InChI=1S/C22H17BrN2O/c1-25(22(26)24-20-15-13-19(23)14-16-20)21-10-6-5-9-18(21)12-11-17-7-3-2-4-8-17/h2-10,13-16H,1H3,(H,24,26). The van der Waals surface area contributed by atoms with E-state index >= 15 is 0 Å². The highest BCUT2D eigenvalue weighted by Crippen LogP contribution is 2.20. The van der Waals surface area contributed by atoms with E-state index in [2.05, 4.69) is 33.1 Å². The molecule has 3 nitrogen and oxygen atoms in total. The fourth-order valence-corrected chi connectivity index (χ4v) is 2.65. The Morgan fingerprint density at radius 3 is 2.27 bits per heavy atom. The maximum absolute atomic E-state index is 12.6. The van der Waals surface area contributed by atoms with Crippen molar-refractivity contribution in [1.82, 2.24) is 0 Å². The molecule has 4 heteroatoms. The lowest BCUT2D eigenvalue weighted by Gasteiger charge is -2.19. The van der Waals surface area contributed by atoms with E-state index in [4.69, 9.17) is 0 Å². The van der Waals surface area contributed by atoms with Crippen molar-refractivity contribution in [3.8, 4) is 11.8 Å². The molecule has 0 unspecified atom stereocenters. The van der Waals surface area contributed by atoms with E-state index in [1.54, 1.807) is 11.9 Å². The minimum absolute atomic E-state index is 0.221. The molecule has 3 aromatic rings. The summed E-state index contributed by atoms with van der Waals surface area (Å²) in [4.78, 5) is 14.1. The van der Waals surface area contributed by atoms with Crippen LogP contribution in [0.2, 0.25) is 0 Å². The van der Waals surface area contributed by atoms with Gasteiger partial charge in [0.15, 0.2) is 0 Å². The zero-order valence-electron chi connectivity index (χ0n) is 14.2. The van der Waals surface area contributed by atoms with E-state index in [9.17, 15) is 4.79 Å². The third-order valence-corrected chi connectivity index (χ3v) is 4.31. The van der Waals surface area contributed by atoms with Gasteiger partial charge in [-0.3, -0.25) is 4.90 Å². The Bertz CT molecular complexity index is 957. The molecule has 0 spiro atoms. The minimum Gasteiger partial charge on any atom is -0.308 e. The second kappa shape index (κ2) is 8.37. The van der Waals surface area contributed by atoms with Crippen LogP contribution in [0.15, 0.2) is 83.3 Å². The number of hydrogen-bond donors (Lipinski definition) is 1. The van der Waals surface area contributed by atoms with Crippen molar-refractivity contribution in [2.75, 3.05) is 17.3 Å². The van der Waals surface area contributed by atoms with Gasteiger partial charge in [-0.1, -0.05) is 58.1 Å². The highest BCUT2D eigenvalue weighted by molar-refractivity contribution is 9.10. The van der Waals surface area contributed by atoms with E-state index in [0.717, 1.165) is 27.0 Å². The number of nitrogens with one attached hydrogen (secondary N) is 1. The second-order valence-corrected chi connectivity index (χ2v) is 6.54. The molecule has 26 heavy (non-hydrogen) atoms. The van der Waals surface area contributed by atoms with Gasteiger partial charge in [-0.05, 0) is 48.5 Å². The molecule has 0 aliphatic carbocycles. The number of para-hydroxylation sites is 1. The monoisotopic (exact) mass is 404 g/mol. The number of nitrogens with zero attached hydrogens (tertiary/aromatic N) is 1. The van der Waals surface area contributed by atoms with Crippen molar-refractivity contribution in [2.24, 2.45) is 0 Å². The summed E-state index contributed by atoms with van der Waals surface area (Å²) in [7, 11) is 1.73. The fraction of sp³-hybridized carbons (Fsp3) is 0.0455. The van der Waals surface area contributed by atoms with Crippen molar-refractivity contribution >= 4 is 33.3 Å². The SMILES string of the molecule is CN(C(=O)Nc1ccc(Br)cc1)c1ccccc1C#Cc1ccccc1. The average Bonchev–Trinajstić information content (AvgIpc) is 2.68. The third-order valence-electron chi connectivity index (χ3n) is 3.78. The molecule has 0 saturated carbocycles. The van der Waals surface area contributed by atoms with E-state index in [0.29, 0.717) is 0 Å². The molecule has 0 saturated heterocycles. The quantitative estimate of drug-likeness (QED) is 0.560. The van der Waals surface area contributed by atoms with Crippen LogP contribution >= 0.6 is 15.9 Å². The van der Waals surface area contributed by atoms with E-state index < -0.39 is 0 Å². The Labute approximate surface area is 161 Å². The summed E-state index contributed by atoms with van der Waals surface area (Å²) in [6.07, 6.45) is 0. The number of benzene rings is 3. The highest BCUT2D eigenvalue weighted by atomic mass is 79.9. The van der Waals surface area contributed by atoms with E-state index in [-0.39, 0.29) is 6.03 Å². The van der Waals surface area contributed by atoms with Crippen LogP contribution in [0.4, 0.5) is 16.2 Å². The molecule has 0 atom stereocenters. The molecule has 0 aliphatic rings. The minimum atomic E-state index is -0.221. The number of carbonyl (C=O) groups is 1. The van der Waals surface area contributed by atoms with Crippen molar-refractivity contribution in [3.63, 3.8) is 0 Å². The molecule has 0 fully saturated rings. The van der Waals surface area contributed by atoms with Gasteiger partial charge in [0.2, 0.25) is 0 Å². The number of rotatable bonds is 2. The summed E-state index contributed by atoms with van der Waals surface area (Å²) in [5.74, 6) is 6.30. The van der Waals surface area contributed by atoms with Gasteiger partial charge in [0.05, 0.1) is 5.69 Å². The van der Waals surface area contributed by atoms with Gasteiger partial charge in [-0.2, -0.15) is 0 Å². The molecule has 0 bridgehead atoms. The zero-order chi connectivity index (χ0) is 18.4. The predicted octanol–water partition coefficient (Wildman–Crippen LogP) is 5.52. The first kappa shape index (κ1) is 17.8. The zero-order valence-corrected chi connectivity index (χ0v) is 15.8. The van der Waals surface area contributed by atoms with Crippen LogP contribution in [-0.2, 0) is 0 Å². The molecular weight excluding hydrogens is 388 g/mol. The molecule has 0 aromatic heterocycles. The Morgan fingerprint density at radius 2 is 1.54 bits per heavy atom. The maximum atomic E-state index is 12.6. The molecule has 2 amide bonds. The first-order chi connectivity index (χ1) is 12.6. The summed E-state index contributed by atoms with van der Waals surface area (Å²) in [5, 5.41) is 2.89. The van der Waals surface area contributed by atoms with Crippen LogP contribution in [0.25, 0.3) is 0 Å². The summed E-state index contributed by atoms with van der Waals surface area (Å²) >= 11 is 3.38. The van der Waals surface area contributed by atoms with Crippen LogP contribution < -0.4 is 10.2 Å². The lowest BCUT2D eigenvalue weighted by atomic mass is 10.1. The Kier molecular flexibility index (Phi) is 5.73. The van der Waals surface area contributed by atoms with Crippen LogP contribution in [0.1, 0.15) is 11.1 Å². The largest absolute Gasteiger partial charge is 0.326 e. The van der Waals surface area contributed by atoms with Crippen molar-refractivity contribution < 1.29 is 4.79 Å². The van der Waals surface area contributed by atoms with Gasteiger partial charge in [-0.25, -0.2) is 4.79 Å². The van der Waals surface area contributed by atoms with Crippen molar-refractivity contribution in [2.45, 2.75) is 0 Å². The topological polar surface area (TPSA) is 32.3 Å². The first-order valence-electron chi connectivity index (χ1n) is 8.10.